The third-order valence-electron chi connectivity index (χ3n) is 4.30. The van der Waals surface area contributed by atoms with Gasteiger partial charge in [0.1, 0.15) is 0 Å². The lowest BCUT2D eigenvalue weighted by Gasteiger charge is -2.10. The van der Waals surface area contributed by atoms with Crippen LogP contribution in [0, 0.1) is 0 Å². The number of sulfone groups is 1. The lowest BCUT2D eigenvalue weighted by molar-refractivity contribution is 0.0941. The maximum absolute atomic E-state index is 12.4. The number of nitrogens with one attached hydrogen (secondary N) is 2. The van der Waals surface area contributed by atoms with E-state index < -0.39 is 9.84 Å². The Labute approximate surface area is 146 Å². The summed E-state index contributed by atoms with van der Waals surface area (Å²) in [6.45, 7) is 1.21. The first kappa shape index (κ1) is 17.7. The first-order valence-electron chi connectivity index (χ1n) is 8.10. The van der Waals surface area contributed by atoms with Crippen LogP contribution in [-0.2, 0) is 21.6 Å². The van der Waals surface area contributed by atoms with E-state index in [1.807, 2.05) is 17.7 Å². The van der Waals surface area contributed by atoms with Gasteiger partial charge >= 0.3 is 0 Å². The number of rotatable bonds is 6. The molecule has 1 atom stereocenters. The lowest BCUT2D eigenvalue weighted by Crippen LogP contribution is -2.35. The summed E-state index contributed by atoms with van der Waals surface area (Å²) in [5.41, 5.74) is 2.08. The molecule has 1 aliphatic heterocycles. The molecular formula is C16H22N4O4S. The van der Waals surface area contributed by atoms with Crippen LogP contribution in [-0.4, -0.2) is 61.7 Å². The van der Waals surface area contributed by atoms with Crippen molar-refractivity contribution < 1.29 is 17.9 Å². The topological polar surface area (TPSA) is 102 Å². The molecule has 3 rings (SSSR count). The molecule has 25 heavy (non-hydrogen) atoms. The van der Waals surface area contributed by atoms with Crippen LogP contribution in [0.1, 0.15) is 16.8 Å². The van der Waals surface area contributed by atoms with Crippen LogP contribution < -0.4 is 10.6 Å². The molecule has 0 spiro atoms. The van der Waals surface area contributed by atoms with E-state index in [0.717, 1.165) is 5.52 Å². The quantitative estimate of drug-likeness (QED) is 0.724. The van der Waals surface area contributed by atoms with E-state index in [2.05, 4.69) is 15.6 Å². The second kappa shape index (κ2) is 7.01. The first-order valence-corrected chi connectivity index (χ1v) is 9.92. The summed E-state index contributed by atoms with van der Waals surface area (Å²) < 4.78 is 29.9. The van der Waals surface area contributed by atoms with Gasteiger partial charge in [-0.2, -0.15) is 0 Å². The normalized spacial score (nSPS) is 19.2. The highest BCUT2D eigenvalue weighted by molar-refractivity contribution is 7.91. The van der Waals surface area contributed by atoms with Gasteiger partial charge in [-0.15, -0.1) is 0 Å². The predicted molar refractivity (Wildman–Crippen MR) is 95.6 cm³/mol. The number of nitrogens with zero attached hydrogens (tertiary/aromatic N) is 2. The molecule has 1 saturated heterocycles. The van der Waals surface area contributed by atoms with Crippen LogP contribution >= 0.6 is 0 Å². The highest BCUT2D eigenvalue weighted by atomic mass is 32.2. The van der Waals surface area contributed by atoms with Crippen LogP contribution in [0.2, 0.25) is 0 Å². The number of benzene rings is 1. The zero-order valence-corrected chi connectivity index (χ0v) is 15.1. The van der Waals surface area contributed by atoms with E-state index in [1.54, 1.807) is 19.2 Å². The van der Waals surface area contributed by atoms with Crippen LogP contribution in [0.3, 0.4) is 0 Å². The molecule has 8 nitrogen and oxygen atoms in total. The Morgan fingerprint density at radius 3 is 2.92 bits per heavy atom. The Morgan fingerprint density at radius 2 is 2.24 bits per heavy atom. The zero-order chi connectivity index (χ0) is 18.0. The summed E-state index contributed by atoms with van der Waals surface area (Å²) in [6, 6.07) is 4.96. The average molecular weight is 366 g/mol. The molecule has 9 heteroatoms. The number of hydrogen-bond donors (Lipinski definition) is 2. The van der Waals surface area contributed by atoms with Crippen molar-refractivity contribution in [1.82, 2.24) is 14.9 Å². The van der Waals surface area contributed by atoms with E-state index in [-0.39, 0.29) is 23.5 Å². The molecule has 1 amide bonds. The number of aryl methyl sites for hydroxylation is 1. The smallest absolute Gasteiger partial charge is 0.251 e. The van der Waals surface area contributed by atoms with Crippen molar-refractivity contribution >= 4 is 32.7 Å². The Balaban J connectivity index is 1.75. The second-order valence-corrected chi connectivity index (χ2v) is 8.42. The zero-order valence-electron chi connectivity index (χ0n) is 14.3. The summed E-state index contributed by atoms with van der Waals surface area (Å²) in [5.74, 6) is 0.571. The number of amides is 1. The molecule has 2 N–H and O–H groups in total. The molecule has 0 radical (unpaired) electrons. The maximum Gasteiger partial charge on any atom is 0.251 e. The Morgan fingerprint density at radius 1 is 1.44 bits per heavy atom. The van der Waals surface area contributed by atoms with E-state index in [1.165, 1.54) is 0 Å². The van der Waals surface area contributed by atoms with E-state index in [9.17, 15) is 13.2 Å². The van der Waals surface area contributed by atoms with Gasteiger partial charge < -0.3 is 19.9 Å². The van der Waals surface area contributed by atoms with Gasteiger partial charge in [0.15, 0.2) is 9.84 Å². The first-order chi connectivity index (χ1) is 11.9. The fraction of sp³-hybridized carbons (Fsp3) is 0.500. The van der Waals surface area contributed by atoms with Gasteiger partial charge in [0, 0.05) is 32.3 Å². The highest BCUT2D eigenvalue weighted by Gasteiger charge is 2.29. The van der Waals surface area contributed by atoms with Gasteiger partial charge in [0.2, 0.25) is 5.95 Å². The molecule has 1 aliphatic rings. The number of carbonyl (C=O) groups is 1. The minimum atomic E-state index is -3.02. The summed E-state index contributed by atoms with van der Waals surface area (Å²) >= 11 is 0. The number of hydrogen-bond acceptors (Lipinski definition) is 6. The number of carbonyl (C=O) groups excluding carboxylic acids is 1. The largest absolute Gasteiger partial charge is 0.383 e. The average Bonchev–Trinajstić information content (AvgIpc) is 3.07. The van der Waals surface area contributed by atoms with E-state index in [4.69, 9.17) is 4.74 Å². The van der Waals surface area contributed by atoms with Crippen molar-refractivity contribution in [3.05, 3.63) is 23.8 Å². The molecule has 1 aromatic heterocycles. The number of anilines is 1. The van der Waals surface area contributed by atoms with Crippen LogP contribution in [0.5, 0.6) is 0 Å². The third kappa shape index (κ3) is 3.93. The molecular weight excluding hydrogens is 344 g/mol. The molecule has 2 aromatic rings. The lowest BCUT2D eigenvalue weighted by atomic mass is 10.1. The number of fused-ring (bicyclic) bond motifs is 1. The standard InChI is InChI=1S/C16H22N4O4S/c1-20-14-4-3-11(9-13(14)19-16(20)17-6-7-24-2)15(21)18-12-5-8-25(22,23)10-12/h3-4,9,12H,5-8,10H2,1-2H3,(H,17,19)(H,18,21). The summed E-state index contributed by atoms with van der Waals surface area (Å²) in [7, 11) is 0.512. The SMILES string of the molecule is COCCNc1nc2cc(C(=O)NC3CCS(=O)(=O)C3)ccc2n1C. The summed E-state index contributed by atoms with van der Waals surface area (Å²) in [4.78, 5) is 16.9. The second-order valence-electron chi connectivity index (χ2n) is 6.19. The van der Waals surface area contributed by atoms with Crippen LogP contribution in [0.4, 0.5) is 5.95 Å². The van der Waals surface area contributed by atoms with Gasteiger partial charge in [-0.3, -0.25) is 4.79 Å². The van der Waals surface area contributed by atoms with Crippen LogP contribution in [0.15, 0.2) is 18.2 Å². The number of methoxy groups -OCH3 is 1. The van der Waals surface area contributed by atoms with Gasteiger partial charge in [0.05, 0.1) is 29.1 Å². The Bertz CT molecular complexity index is 891. The summed E-state index contributed by atoms with van der Waals surface area (Å²) in [6.07, 6.45) is 0.466. The van der Waals surface area contributed by atoms with Crippen molar-refractivity contribution in [2.24, 2.45) is 7.05 Å². The van der Waals surface area contributed by atoms with E-state index >= 15 is 0 Å². The van der Waals surface area contributed by atoms with E-state index in [0.29, 0.717) is 36.6 Å². The molecule has 136 valence electrons. The fourth-order valence-electron chi connectivity index (χ4n) is 2.94. The predicted octanol–water partition coefficient (Wildman–Crippen LogP) is 0.549. The van der Waals surface area contributed by atoms with Gasteiger partial charge in [-0.25, -0.2) is 13.4 Å². The molecule has 0 aliphatic carbocycles. The molecule has 1 fully saturated rings. The highest BCUT2D eigenvalue weighted by Crippen LogP contribution is 2.20. The fourth-order valence-corrected chi connectivity index (χ4v) is 4.61. The molecule has 1 aromatic carbocycles. The van der Waals surface area contributed by atoms with Crippen molar-refractivity contribution in [2.75, 3.05) is 37.1 Å². The minimum Gasteiger partial charge on any atom is -0.383 e. The number of ether oxygens (including phenoxy) is 1. The van der Waals surface area contributed by atoms with Gasteiger partial charge in [-0.05, 0) is 24.6 Å². The monoisotopic (exact) mass is 366 g/mol. The third-order valence-corrected chi connectivity index (χ3v) is 6.07. The number of aromatic nitrogens is 2. The Hall–Kier alpha value is -2.13. The maximum atomic E-state index is 12.4. The minimum absolute atomic E-state index is 0.0120. The van der Waals surface area contributed by atoms with Crippen LogP contribution in [0.25, 0.3) is 11.0 Å². The molecule has 1 unspecified atom stereocenters. The molecule has 2 heterocycles. The summed E-state index contributed by atoms with van der Waals surface area (Å²) in [5, 5.41) is 5.97. The van der Waals surface area contributed by atoms with Crippen molar-refractivity contribution in [2.45, 2.75) is 12.5 Å². The van der Waals surface area contributed by atoms with Gasteiger partial charge in [0.25, 0.3) is 5.91 Å². The number of imidazole rings is 1. The Kier molecular flexibility index (Phi) is 4.96. The molecule has 0 saturated carbocycles. The van der Waals surface area contributed by atoms with Crippen molar-refractivity contribution in [3.8, 4) is 0 Å². The van der Waals surface area contributed by atoms with Crippen molar-refractivity contribution in [1.29, 1.82) is 0 Å². The van der Waals surface area contributed by atoms with Gasteiger partial charge in [-0.1, -0.05) is 0 Å². The molecule has 0 bridgehead atoms. The van der Waals surface area contributed by atoms with Crippen molar-refractivity contribution in [3.63, 3.8) is 0 Å².